The molecule has 12 heteroatoms. The topological polar surface area (TPSA) is 17.8 Å². The maximum atomic E-state index is 1.85. The molecule has 0 atom stereocenters. The van der Waals surface area contributed by atoms with Gasteiger partial charge in [0.25, 0.3) is 0 Å². The van der Waals surface area contributed by atoms with E-state index in [2.05, 4.69) is 0 Å². The van der Waals surface area contributed by atoms with Crippen molar-refractivity contribution in [1.29, 1.82) is 0 Å². The van der Waals surface area contributed by atoms with Crippen LogP contribution in [0.15, 0.2) is 0 Å². The second kappa shape index (κ2) is 25.6. The van der Waals surface area contributed by atoms with Gasteiger partial charge in [-0.1, -0.05) is 0 Å². The van der Waals surface area contributed by atoms with Crippen molar-refractivity contribution in [3.05, 3.63) is 0 Å². The molecule has 0 amide bonds. The molecule has 24 heavy (non-hydrogen) atoms. The fourth-order valence-corrected chi connectivity index (χ4v) is 3.62. The van der Waals surface area contributed by atoms with Gasteiger partial charge in [0.1, 0.15) is 78.5 Å². The molecular weight excluding hydrogens is 851 g/mol. The summed E-state index contributed by atoms with van der Waals surface area (Å²) in [7, 11) is 0. The van der Waals surface area contributed by atoms with Crippen molar-refractivity contribution < 1.29 is 238 Å². The van der Waals surface area contributed by atoms with Crippen molar-refractivity contribution in [2.24, 2.45) is 0 Å². The Hall–Kier alpha value is 6.33. The van der Waals surface area contributed by atoms with Crippen LogP contribution in [-0.2, 0) is 0 Å². The molecule has 6 aliphatic rings. The van der Waals surface area contributed by atoms with Crippen molar-refractivity contribution in [2.45, 2.75) is 0 Å². The second-order valence-corrected chi connectivity index (χ2v) is 6.00. The fraction of sp³-hybridized carbons (Fsp3) is 1.00. The number of quaternary nitrogens is 4. The molecule has 0 aliphatic carbocycles. The maximum absolute atomic E-state index is 1.85. The number of fused-ring (bicyclic) bond motifs is 6. The molecule has 0 saturated carbocycles. The molecule has 6 heterocycles. The third-order valence-electron chi connectivity index (χ3n) is 4.99. The molecule has 140 valence electrons. The number of piperazine rings is 6. The predicted octanol–water partition coefficient (Wildman–Crippen LogP) is -30.4. The van der Waals surface area contributed by atoms with E-state index in [0.29, 0.717) is 0 Å². The summed E-state index contributed by atoms with van der Waals surface area (Å²) < 4.78 is 0. The molecule has 0 aromatic carbocycles. The van der Waals surface area contributed by atoms with Gasteiger partial charge in [-0.25, -0.2) is 0 Å². The van der Waals surface area contributed by atoms with Crippen LogP contribution in [0.4, 0.5) is 0 Å². The van der Waals surface area contributed by atoms with Crippen molar-refractivity contribution in [1.82, 2.24) is 0 Å². The molecule has 0 aromatic heterocycles. The molecule has 0 aromatic rings. The van der Waals surface area contributed by atoms with Crippen molar-refractivity contribution >= 4 is 0 Å². The van der Waals surface area contributed by atoms with Crippen LogP contribution < -0.4 is 238 Å². The van der Waals surface area contributed by atoms with E-state index in [1.165, 1.54) is 78.5 Å². The molecule has 6 rings (SSSR count). The summed E-state index contributed by atoms with van der Waals surface area (Å²) in [6, 6.07) is 0. The predicted molar refractivity (Wildman–Crippen MR) is 62.3 cm³/mol. The van der Waals surface area contributed by atoms with Gasteiger partial charge in [-0.05, 0) is 0 Å². The third kappa shape index (κ3) is 16.0. The zero-order valence-electron chi connectivity index (χ0n) is 14.8. The first-order valence-corrected chi connectivity index (χ1v) is 7.24. The van der Waals surface area contributed by atoms with Gasteiger partial charge in [-0.2, -0.15) is 0 Å². The van der Waals surface area contributed by atoms with Crippen molar-refractivity contribution in [3.63, 3.8) is 0 Å². The first-order chi connectivity index (χ1) is 7.90. The SMILES string of the molecule is C1C[NH+]2CC[NH+]1CC2.C1C[NH+]2CC[NH+]1CC2.[Br-].[Br-].[Br-].[Br-].[Br-].[Br-].[Rb+].[Rb+]. The Labute approximate surface area is 308 Å². The van der Waals surface area contributed by atoms with Crippen LogP contribution in [0, 0.1) is 0 Å². The van der Waals surface area contributed by atoms with E-state index in [4.69, 9.17) is 0 Å². The number of halogens is 6. The van der Waals surface area contributed by atoms with Crippen molar-refractivity contribution in [3.8, 4) is 0 Å². The molecule has 4 N–H and O–H groups in total. The first-order valence-electron chi connectivity index (χ1n) is 7.24. The van der Waals surface area contributed by atoms with Gasteiger partial charge in [0.15, 0.2) is 0 Å². The number of hydrogen-bond donors (Lipinski definition) is 4. The minimum absolute atomic E-state index is 0. The van der Waals surface area contributed by atoms with E-state index in [1.807, 2.05) is 19.6 Å². The van der Waals surface area contributed by atoms with Crippen molar-refractivity contribution in [2.75, 3.05) is 78.5 Å². The van der Waals surface area contributed by atoms with Gasteiger partial charge in [0, 0.05) is 0 Å². The Bertz CT molecular complexity index is 176. The normalized spacial score (nSPS) is 30.0. The summed E-state index contributed by atoms with van der Waals surface area (Å²) in [6.07, 6.45) is 0. The number of rotatable bonds is 0. The fourth-order valence-electron chi connectivity index (χ4n) is 3.62. The Morgan fingerprint density at radius 3 is 0.375 bits per heavy atom. The van der Waals surface area contributed by atoms with E-state index in [1.54, 1.807) is 0 Å². The van der Waals surface area contributed by atoms with E-state index in [-0.39, 0.29) is 218 Å². The van der Waals surface area contributed by atoms with Gasteiger partial charge in [-0.15, -0.1) is 0 Å². The summed E-state index contributed by atoms with van der Waals surface area (Å²) >= 11 is 0. The average Bonchev–Trinajstić information content (AvgIpc) is 2.44. The minimum atomic E-state index is 0. The molecule has 6 fully saturated rings. The van der Waals surface area contributed by atoms with Crippen LogP contribution in [0.25, 0.3) is 0 Å². The molecule has 0 unspecified atom stereocenters. The van der Waals surface area contributed by atoms with E-state index in [0.717, 1.165) is 0 Å². The standard InChI is InChI=1S/2C6H12N2.6BrH.2Rb/c2*1-2-8-5-3-7(1)4-6-8;;;;;;;;/h2*1-6H2;6*1H;;/q;;;;;;;;2*+1/p-2. The summed E-state index contributed by atoms with van der Waals surface area (Å²) in [6.45, 7) is 17.3. The zero-order chi connectivity index (χ0) is 10.8. The quantitative estimate of drug-likeness (QED) is 0.186. The van der Waals surface area contributed by atoms with Crippen LogP contribution in [0.1, 0.15) is 0 Å². The summed E-state index contributed by atoms with van der Waals surface area (Å²) in [4.78, 5) is 7.39. The van der Waals surface area contributed by atoms with Crippen LogP contribution in [0.3, 0.4) is 0 Å². The van der Waals surface area contributed by atoms with Gasteiger partial charge in [0.05, 0.1) is 0 Å². The van der Waals surface area contributed by atoms with Gasteiger partial charge >= 0.3 is 116 Å². The Morgan fingerprint density at radius 2 is 0.333 bits per heavy atom. The van der Waals surface area contributed by atoms with E-state index < -0.39 is 0 Å². The first kappa shape index (κ1) is 44.1. The minimum Gasteiger partial charge on any atom is -1.00 e. The van der Waals surface area contributed by atoms with Crippen LogP contribution in [0.5, 0.6) is 0 Å². The second-order valence-electron chi connectivity index (χ2n) is 6.00. The molecule has 0 radical (unpaired) electrons. The zero-order valence-corrected chi connectivity index (χ0v) is 34.1. The largest absolute Gasteiger partial charge is 1.00 e. The van der Waals surface area contributed by atoms with E-state index in [9.17, 15) is 0 Å². The van der Waals surface area contributed by atoms with Crippen LogP contribution in [-0.4, -0.2) is 78.5 Å². The molecule has 6 aliphatic heterocycles. The molecule has 4 bridgehead atoms. The molecule has 4 nitrogen and oxygen atoms in total. The summed E-state index contributed by atoms with van der Waals surface area (Å²) in [5.74, 6) is 0. The summed E-state index contributed by atoms with van der Waals surface area (Å²) in [5.41, 5.74) is 0. The van der Waals surface area contributed by atoms with Gasteiger partial charge in [0.2, 0.25) is 0 Å². The molecule has 6 saturated heterocycles. The van der Waals surface area contributed by atoms with E-state index >= 15 is 0 Å². The smallest absolute Gasteiger partial charge is 1.00 e. The molecule has 0 spiro atoms. The van der Waals surface area contributed by atoms with Gasteiger partial charge in [-0.3, -0.25) is 0 Å². The third-order valence-corrected chi connectivity index (χ3v) is 4.99. The van der Waals surface area contributed by atoms with Crippen LogP contribution >= 0.6 is 0 Å². The Kier molecular flexibility index (Phi) is 47.0. The Balaban J connectivity index is -0.0000000506. The monoisotopic (exact) mass is 872 g/mol. The average molecular weight is 879 g/mol. The molecular formula is C12H28Br6N4Rb2. The van der Waals surface area contributed by atoms with Crippen LogP contribution in [0.2, 0.25) is 0 Å². The number of hydrogen-bond acceptors (Lipinski definition) is 0. The number of nitrogens with one attached hydrogen (secondary N) is 4. The van der Waals surface area contributed by atoms with Gasteiger partial charge < -0.3 is 121 Å². The Morgan fingerprint density at radius 1 is 0.250 bits per heavy atom. The maximum Gasteiger partial charge on any atom is 1.00 e. The summed E-state index contributed by atoms with van der Waals surface area (Å²) in [5, 5.41) is 0.